The van der Waals surface area contributed by atoms with E-state index in [-0.39, 0.29) is 5.91 Å². The van der Waals surface area contributed by atoms with Crippen molar-refractivity contribution in [1.82, 2.24) is 0 Å². The molecule has 0 saturated heterocycles. The van der Waals surface area contributed by atoms with E-state index in [9.17, 15) is 4.79 Å². The summed E-state index contributed by atoms with van der Waals surface area (Å²) in [5.74, 6) is -0.0180. The second-order valence-electron chi connectivity index (χ2n) is 2.82. The third-order valence-electron chi connectivity index (χ3n) is 2.01. The van der Waals surface area contributed by atoms with Gasteiger partial charge in [-0.2, -0.15) is 5.06 Å². The minimum absolute atomic E-state index is 0.0180. The number of fused-ring (bicyclic) bond motifs is 1. The largest absolute Gasteiger partial charge is 0.272 e. The van der Waals surface area contributed by atoms with Crippen molar-refractivity contribution in [2.24, 2.45) is 0 Å². The van der Waals surface area contributed by atoms with Crippen molar-refractivity contribution in [3.05, 3.63) is 28.2 Å². The fraction of sp³-hybridized carbons (Fsp3) is 0.222. The first-order valence-electron chi connectivity index (χ1n) is 3.88. The van der Waals surface area contributed by atoms with E-state index in [1.165, 1.54) is 12.2 Å². The summed E-state index contributed by atoms with van der Waals surface area (Å²) in [7, 11) is 1.50. The number of halogens is 1. The smallest absolute Gasteiger partial charge is 0.255 e. The van der Waals surface area contributed by atoms with E-state index in [0.29, 0.717) is 6.42 Å². The SMILES string of the molecule is CON1C(=O)Cc2cc(Br)ccc21. The maximum Gasteiger partial charge on any atom is 0.255 e. The maximum atomic E-state index is 11.4. The number of hydrogen-bond acceptors (Lipinski definition) is 2. The Balaban J connectivity index is 2.48. The molecule has 0 bridgehead atoms. The van der Waals surface area contributed by atoms with Gasteiger partial charge in [-0.05, 0) is 23.8 Å². The normalized spacial score (nSPS) is 14.9. The van der Waals surface area contributed by atoms with Crippen LogP contribution in [0.1, 0.15) is 5.56 Å². The summed E-state index contributed by atoms with van der Waals surface area (Å²) >= 11 is 3.36. The Kier molecular flexibility index (Phi) is 2.09. The maximum absolute atomic E-state index is 11.4. The molecule has 1 aromatic rings. The highest BCUT2D eigenvalue weighted by atomic mass is 79.9. The fourth-order valence-electron chi connectivity index (χ4n) is 1.46. The van der Waals surface area contributed by atoms with Gasteiger partial charge in [0.1, 0.15) is 0 Å². The van der Waals surface area contributed by atoms with E-state index in [1.807, 2.05) is 18.2 Å². The molecule has 0 atom stereocenters. The van der Waals surface area contributed by atoms with Gasteiger partial charge in [0.25, 0.3) is 5.91 Å². The molecule has 68 valence electrons. The summed E-state index contributed by atoms with van der Waals surface area (Å²) in [4.78, 5) is 16.3. The average molecular weight is 242 g/mol. The van der Waals surface area contributed by atoms with Crippen LogP contribution in [0, 0.1) is 0 Å². The van der Waals surface area contributed by atoms with Crippen molar-refractivity contribution < 1.29 is 9.63 Å². The second kappa shape index (κ2) is 3.12. The van der Waals surface area contributed by atoms with Crippen LogP contribution in [0.15, 0.2) is 22.7 Å². The van der Waals surface area contributed by atoms with Gasteiger partial charge in [0.05, 0.1) is 19.2 Å². The van der Waals surface area contributed by atoms with Crippen molar-refractivity contribution in [3.63, 3.8) is 0 Å². The van der Waals surface area contributed by atoms with Gasteiger partial charge in [-0.1, -0.05) is 15.9 Å². The lowest BCUT2D eigenvalue weighted by atomic mass is 10.2. The zero-order valence-corrected chi connectivity index (χ0v) is 8.67. The number of rotatable bonds is 1. The van der Waals surface area contributed by atoms with Gasteiger partial charge in [0.15, 0.2) is 0 Å². The van der Waals surface area contributed by atoms with Crippen LogP contribution in [0.4, 0.5) is 5.69 Å². The quantitative estimate of drug-likeness (QED) is 0.752. The van der Waals surface area contributed by atoms with Crippen molar-refractivity contribution in [1.29, 1.82) is 0 Å². The van der Waals surface area contributed by atoms with E-state index in [2.05, 4.69) is 15.9 Å². The van der Waals surface area contributed by atoms with Gasteiger partial charge in [0.2, 0.25) is 0 Å². The molecule has 1 aliphatic heterocycles. The van der Waals surface area contributed by atoms with Crippen molar-refractivity contribution in [2.75, 3.05) is 12.2 Å². The molecule has 4 heteroatoms. The second-order valence-corrected chi connectivity index (χ2v) is 3.74. The molecular weight excluding hydrogens is 234 g/mol. The molecule has 1 heterocycles. The molecule has 0 aliphatic carbocycles. The monoisotopic (exact) mass is 241 g/mol. The number of hydroxylamine groups is 1. The molecule has 3 nitrogen and oxygen atoms in total. The predicted octanol–water partition coefficient (Wildman–Crippen LogP) is 1.90. The molecule has 0 fully saturated rings. The van der Waals surface area contributed by atoms with E-state index in [1.54, 1.807) is 0 Å². The fourth-order valence-corrected chi connectivity index (χ4v) is 1.87. The third-order valence-corrected chi connectivity index (χ3v) is 2.50. The van der Waals surface area contributed by atoms with Gasteiger partial charge in [0, 0.05) is 4.47 Å². The number of benzene rings is 1. The molecule has 0 aromatic heterocycles. The molecule has 0 radical (unpaired) electrons. The van der Waals surface area contributed by atoms with E-state index < -0.39 is 0 Å². The van der Waals surface area contributed by atoms with Gasteiger partial charge < -0.3 is 0 Å². The number of anilines is 1. The first kappa shape index (κ1) is 8.72. The van der Waals surface area contributed by atoms with Crippen LogP contribution < -0.4 is 5.06 Å². The molecule has 1 amide bonds. The molecule has 2 rings (SSSR count). The topological polar surface area (TPSA) is 29.5 Å². The van der Waals surface area contributed by atoms with Gasteiger partial charge >= 0.3 is 0 Å². The highest BCUT2D eigenvalue weighted by molar-refractivity contribution is 9.10. The number of carbonyl (C=O) groups excluding carboxylic acids is 1. The Morgan fingerprint density at radius 2 is 2.31 bits per heavy atom. The number of carbonyl (C=O) groups is 1. The molecule has 1 aromatic carbocycles. The van der Waals surface area contributed by atoms with Gasteiger partial charge in [-0.15, -0.1) is 0 Å². The molecule has 0 unspecified atom stereocenters. The van der Waals surface area contributed by atoms with Crippen molar-refractivity contribution in [3.8, 4) is 0 Å². The Morgan fingerprint density at radius 3 is 3.00 bits per heavy atom. The summed E-state index contributed by atoms with van der Waals surface area (Å²) in [6.07, 6.45) is 0.419. The molecule has 13 heavy (non-hydrogen) atoms. The van der Waals surface area contributed by atoms with E-state index in [4.69, 9.17) is 4.84 Å². The molecular formula is C9H8BrNO2. The van der Waals surface area contributed by atoms with E-state index in [0.717, 1.165) is 15.7 Å². The summed E-state index contributed by atoms with van der Waals surface area (Å²) in [6.45, 7) is 0. The Morgan fingerprint density at radius 1 is 1.54 bits per heavy atom. The van der Waals surface area contributed by atoms with Crippen molar-refractivity contribution in [2.45, 2.75) is 6.42 Å². The van der Waals surface area contributed by atoms with Crippen LogP contribution in [0.25, 0.3) is 0 Å². The average Bonchev–Trinajstić information content (AvgIpc) is 2.39. The lowest BCUT2D eigenvalue weighted by molar-refractivity contribution is -0.123. The standard InChI is InChI=1S/C9H8BrNO2/c1-13-11-8-3-2-7(10)4-6(8)5-9(11)12/h2-4H,5H2,1H3. The van der Waals surface area contributed by atoms with Crippen LogP contribution >= 0.6 is 15.9 Å². The highest BCUT2D eigenvalue weighted by Crippen LogP contribution is 2.30. The molecule has 0 saturated carbocycles. The summed E-state index contributed by atoms with van der Waals surface area (Å²) in [5, 5.41) is 1.32. The number of hydrogen-bond donors (Lipinski definition) is 0. The predicted molar refractivity (Wildman–Crippen MR) is 52.3 cm³/mol. The van der Waals surface area contributed by atoms with E-state index >= 15 is 0 Å². The summed E-state index contributed by atoms with van der Waals surface area (Å²) < 4.78 is 0.983. The summed E-state index contributed by atoms with van der Waals surface area (Å²) in [5.41, 5.74) is 1.84. The first-order valence-corrected chi connectivity index (χ1v) is 4.67. The lowest BCUT2D eigenvalue weighted by Gasteiger charge is -2.12. The van der Waals surface area contributed by atoms with Crippen molar-refractivity contribution >= 4 is 27.5 Å². The molecule has 1 aliphatic rings. The minimum Gasteiger partial charge on any atom is -0.272 e. The minimum atomic E-state index is -0.0180. The van der Waals surface area contributed by atoms with Crippen LogP contribution in [0.2, 0.25) is 0 Å². The first-order chi connectivity index (χ1) is 6.22. The van der Waals surface area contributed by atoms with Gasteiger partial charge in [-0.3, -0.25) is 9.63 Å². The highest BCUT2D eigenvalue weighted by Gasteiger charge is 2.27. The molecule has 0 N–H and O–H groups in total. The van der Waals surface area contributed by atoms with Crippen LogP contribution in [-0.2, 0) is 16.1 Å². The third kappa shape index (κ3) is 1.36. The Hall–Kier alpha value is -0.870. The summed E-state index contributed by atoms with van der Waals surface area (Å²) in [6, 6.07) is 5.70. The lowest BCUT2D eigenvalue weighted by Crippen LogP contribution is -2.24. The number of nitrogens with zero attached hydrogens (tertiary/aromatic N) is 1. The Bertz CT molecular complexity index is 365. The molecule has 0 spiro atoms. The zero-order chi connectivity index (χ0) is 9.42. The van der Waals surface area contributed by atoms with Crippen LogP contribution in [-0.4, -0.2) is 13.0 Å². The zero-order valence-electron chi connectivity index (χ0n) is 7.08. The van der Waals surface area contributed by atoms with Gasteiger partial charge in [-0.25, -0.2) is 0 Å². The van der Waals surface area contributed by atoms with Crippen LogP contribution in [0.5, 0.6) is 0 Å². The number of amides is 1. The van der Waals surface area contributed by atoms with Crippen LogP contribution in [0.3, 0.4) is 0 Å². The Labute approximate surface area is 84.4 Å².